The van der Waals surface area contributed by atoms with Crippen molar-refractivity contribution < 1.29 is 4.42 Å². The van der Waals surface area contributed by atoms with Gasteiger partial charge in [0.15, 0.2) is 5.58 Å². The summed E-state index contributed by atoms with van der Waals surface area (Å²) in [5.41, 5.74) is 1.91. The maximum Gasteiger partial charge on any atom is 0.420 e. The summed E-state index contributed by atoms with van der Waals surface area (Å²) in [6, 6.07) is 10.2. The highest BCUT2D eigenvalue weighted by atomic mass is 35.5. The van der Waals surface area contributed by atoms with Crippen LogP contribution in [0.4, 0.5) is 0 Å². The quantitative estimate of drug-likeness (QED) is 0.689. The number of hydrogen-bond acceptors (Lipinski definition) is 2. The normalized spacial score (nSPS) is 11.2. The van der Waals surface area contributed by atoms with E-state index in [1.807, 2.05) is 0 Å². The minimum Gasteiger partial charge on any atom is -0.408 e. The summed E-state index contributed by atoms with van der Waals surface area (Å²) in [4.78, 5) is 11.9. The van der Waals surface area contributed by atoms with Gasteiger partial charge in [-0.1, -0.05) is 40.9 Å². The Balaban J connectivity index is 2.11. The van der Waals surface area contributed by atoms with Gasteiger partial charge in [-0.3, -0.25) is 4.57 Å². The maximum absolute atomic E-state index is 11.9. The average Bonchev–Trinajstić information content (AvgIpc) is 2.68. The molecule has 0 saturated heterocycles. The van der Waals surface area contributed by atoms with Gasteiger partial charge in [0, 0.05) is 21.1 Å². The number of fused-ring (bicyclic) bond motifs is 1. The Morgan fingerprint density at radius 1 is 1.00 bits per heavy atom. The van der Waals surface area contributed by atoms with Crippen LogP contribution in [0.5, 0.6) is 0 Å². The van der Waals surface area contributed by atoms with Crippen molar-refractivity contribution in [1.82, 2.24) is 4.57 Å². The number of aromatic nitrogens is 1. The molecule has 6 heteroatoms. The van der Waals surface area contributed by atoms with Gasteiger partial charge >= 0.3 is 5.76 Å². The molecule has 2 aromatic carbocycles. The molecular weight excluding hydrogens is 321 g/mol. The lowest BCUT2D eigenvalue weighted by Gasteiger charge is -2.05. The van der Waals surface area contributed by atoms with Gasteiger partial charge in [0.05, 0.1) is 12.1 Å². The number of benzene rings is 2. The lowest BCUT2D eigenvalue weighted by atomic mass is 10.2. The Hall–Kier alpha value is -1.42. The molecule has 0 aliphatic heterocycles. The Bertz CT molecular complexity index is 851. The number of hydrogen-bond donors (Lipinski definition) is 0. The summed E-state index contributed by atoms with van der Waals surface area (Å²) in [5, 5.41) is 1.57. The molecule has 0 unspecified atom stereocenters. The average molecular weight is 329 g/mol. The van der Waals surface area contributed by atoms with Crippen LogP contribution in [-0.2, 0) is 6.54 Å². The molecule has 1 heterocycles. The first-order chi connectivity index (χ1) is 9.54. The number of halogens is 3. The summed E-state index contributed by atoms with van der Waals surface area (Å²) < 4.78 is 6.67. The van der Waals surface area contributed by atoms with Crippen molar-refractivity contribution >= 4 is 45.9 Å². The summed E-state index contributed by atoms with van der Waals surface area (Å²) >= 11 is 17.9. The molecule has 0 fully saturated rings. The van der Waals surface area contributed by atoms with Crippen molar-refractivity contribution in [1.29, 1.82) is 0 Å². The SMILES string of the molecule is O=c1oc2cc(Cl)ccc2n1Cc1ccc(Cl)cc1Cl. The van der Waals surface area contributed by atoms with Crippen LogP contribution in [0.15, 0.2) is 45.6 Å². The van der Waals surface area contributed by atoms with E-state index in [0.29, 0.717) is 32.7 Å². The van der Waals surface area contributed by atoms with E-state index in [1.165, 1.54) is 4.57 Å². The molecule has 20 heavy (non-hydrogen) atoms. The van der Waals surface area contributed by atoms with Crippen LogP contribution in [0.1, 0.15) is 5.56 Å². The highest BCUT2D eigenvalue weighted by Crippen LogP contribution is 2.24. The van der Waals surface area contributed by atoms with Crippen molar-refractivity contribution in [3.63, 3.8) is 0 Å². The molecule has 3 aromatic rings. The van der Waals surface area contributed by atoms with Crippen LogP contribution in [-0.4, -0.2) is 4.57 Å². The molecule has 3 rings (SSSR count). The highest BCUT2D eigenvalue weighted by Gasteiger charge is 2.11. The van der Waals surface area contributed by atoms with Crippen molar-refractivity contribution in [3.05, 3.63) is 67.6 Å². The second-order valence-corrected chi connectivity index (χ2v) is 5.58. The zero-order chi connectivity index (χ0) is 14.3. The fraction of sp³-hybridized carbons (Fsp3) is 0.0714. The third-order valence-electron chi connectivity index (χ3n) is 2.97. The van der Waals surface area contributed by atoms with E-state index < -0.39 is 5.76 Å². The smallest absolute Gasteiger partial charge is 0.408 e. The van der Waals surface area contributed by atoms with Crippen molar-refractivity contribution in [3.8, 4) is 0 Å². The van der Waals surface area contributed by atoms with Gasteiger partial charge in [-0.25, -0.2) is 4.79 Å². The monoisotopic (exact) mass is 327 g/mol. The van der Waals surface area contributed by atoms with Gasteiger partial charge in [-0.2, -0.15) is 0 Å². The molecule has 0 radical (unpaired) electrons. The van der Waals surface area contributed by atoms with Crippen LogP contribution in [0.3, 0.4) is 0 Å². The summed E-state index contributed by atoms with van der Waals surface area (Å²) in [7, 11) is 0. The van der Waals surface area contributed by atoms with Crippen molar-refractivity contribution in [2.75, 3.05) is 0 Å². The van der Waals surface area contributed by atoms with E-state index >= 15 is 0 Å². The standard InChI is InChI=1S/C14H8Cl3NO2/c15-9-2-1-8(11(17)5-9)7-18-12-4-3-10(16)6-13(12)20-14(18)19/h1-6H,7H2. The fourth-order valence-electron chi connectivity index (χ4n) is 2.01. The molecule has 0 bridgehead atoms. The zero-order valence-corrected chi connectivity index (χ0v) is 12.3. The maximum atomic E-state index is 11.9. The van der Waals surface area contributed by atoms with Crippen LogP contribution >= 0.6 is 34.8 Å². The van der Waals surface area contributed by atoms with E-state index in [4.69, 9.17) is 39.2 Å². The topological polar surface area (TPSA) is 35.1 Å². The second kappa shape index (κ2) is 5.17. The molecule has 0 atom stereocenters. The molecule has 0 aliphatic carbocycles. The molecule has 1 aromatic heterocycles. The van der Waals surface area contributed by atoms with Gasteiger partial charge in [0.1, 0.15) is 0 Å². The van der Waals surface area contributed by atoms with Crippen molar-refractivity contribution in [2.45, 2.75) is 6.54 Å². The van der Waals surface area contributed by atoms with Crippen LogP contribution < -0.4 is 5.76 Å². The van der Waals surface area contributed by atoms with Gasteiger partial charge in [-0.15, -0.1) is 0 Å². The Labute approximate surface area is 129 Å². The third-order valence-corrected chi connectivity index (χ3v) is 3.80. The lowest BCUT2D eigenvalue weighted by Crippen LogP contribution is -2.15. The van der Waals surface area contributed by atoms with Crippen LogP contribution in [0, 0.1) is 0 Å². The summed E-state index contributed by atoms with van der Waals surface area (Å²) in [5.74, 6) is -0.451. The fourth-order valence-corrected chi connectivity index (χ4v) is 2.64. The molecular formula is C14H8Cl3NO2. The summed E-state index contributed by atoms with van der Waals surface area (Å²) in [6.45, 7) is 0.309. The highest BCUT2D eigenvalue weighted by molar-refractivity contribution is 6.35. The lowest BCUT2D eigenvalue weighted by molar-refractivity contribution is 0.518. The van der Waals surface area contributed by atoms with Gasteiger partial charge in [0.25, 0.3) is 0 Å². The van der Waals surface area contributed by atoms with Gasteiger partial charge in [-0.05, 0) is 29.8 Å². The molecule has 0 N–H and O–H groups in total. The number of rotatable bonds is 2. The molecule has 102 valence electrons. The largest absolute Gasteiger partial charge is 0.420 e. The first-order valence-electron chi connectivity index (χ1n) is 5.77. The molecule has 0 spiro atoms. The number of nitrogens with zero attached hydrogens (tertiary/aromatic N) is 1. The zero-order valence-electron chi connectivity index (χ0n) is 10.1. The second-order valence-electron chi connectivity index (χ2n) is 4.30. The number of oxazole rings is 1. The van der Waals surface area contributed by atoms with Gasteiger partial charge in [0.2, 0.25) is 0 Å². The molecule has 0 amide bonds. The predicted molar refractivity (Wildman–Crippen MR) is 81.0 cm³/mol. The Kier molecular flexibility index (Phi) is 3.50. The van der Waals surface area contributed by atoms with Crippen molar-refractivity contribution in [2.24, 2.45) is 0 Å². The minimum atomic E-state index is -0.451. The van der Waals surface area contributed by atoms with E-state index in [2.05, 4.69) is 0 Å². The minimum absolute atomic E-state index is 0.309. The first kappa shape index (κ1) is 13.6. The summed E-state index contributed by atoms with van der Waals surface area (Å²) in [6.07, 6.45) is 0. The Morgan fingerprint density at radius 3 is 2.45 bits per heavy atom. The van der Waals surface area contributed by atoms with E-state index in [9.17, 15) is 4.79 Å². The molecule has 3 nitrogen and oxygen atoms in total. The molecule has 0 saturated carbocycles. The first-order valence-corrected chi connectivity index (χ1v) is 6.91. The van der Waals surface area contributed by atoms with E-state index in [1.54, 1.807) is 36.4 Å². The van der Waals surface area contributed by atoms with E-state index in [-0.39, 0.29) is 0 Å². The van der Waals surface area contributed by atoms with Crippen LogP contribution in [0.2, 0.25) is 15.1 Å². The van der Waals surface area contributed by atoms with Gasteiger partial charge < -0.3 is 4.42 Å². The third kappa shape index (κ3) is 2.44. The van der Waals surface area contributed by atoms with Crippen LogP contribution in [0.25, 0.3) is 11.1 Å². The predicted octanol–water partition coefficient (Wildman–Crippen LogP) is 4.60. The van der Waals surface area contributed by atoms with E-state index in [0.717, 1.165) is 5.56 Å². The Morgan fingerprint density at radius 2 is 1.70 bits per heavy atom. The molecule has 0 aliphatic rings.